The topological polar surface area (TPSA) is 89.5 Å². The summed E-state index contributed by atoms with van der Waals surface area (Å²) in [6.07, 6.45) is 1.84. The molecule has 0 saturated heterocycles. The number of benzene rings is 1. The minimum Gasteiger partial charge on any atom is -0.366 e. The van der Waals surface area contributed by atoms with Crippen molar-refractivity contribution < 1.29 is 9.85 Å². The second kappa shape index (κ2) is 6.67. The summed E-state index contributed by atoms with van der Waals surface area (Å²) in [4.78, 5) is 22.4. The Balaban J connectivity index is 3.28. The van der Waals surface area contributed by atoms with E-state index in [1.165, 1.54) is 6.07 Å². The third-order valence-corrected chi connectivity index (χ3v) is 2.88. The van der Waals surface area contributed by atoms with Crippen LogP contribution in [0.4, 0.5) is 17.1 Å². The first kappa shape index (κ1) is 14.9. The second-order valence-corrected chi connectivity index (χ2v) is 4.09. The Labute approximate surface area is 111 Å². The maximum absolute atomic E-state index is 11.1. The Kier molecular flexibility index (Phi) is 5.23. The van der Waals surface area contributed by atoms with E-state index in [4.69, 9.17) is 0 Å². The van der Waals surface area contributed by atoms with Crippen LogP contribution in [0.25, 0.3) is 0 Å². The molecule has 0 saturated carbocycles. The fourth-order valence-corrected chi connectivity index (χ4v) is 1.91. The van der Waals surface area contributed by atoms with E-state index < -0.39 is 21.2 Å². The minimum atomic E-state index is -0.713. The lowest BCUT2D eigenvalue weighted by Gasteiger charge is -2.22. The molecule has 7 heteroatoms. The van der Waals surface area contributed by atoms with Gasteiger partial charge in [-0.05, 0) is 19.4 Å². The molecule has 7 nitrogen and oxygen atoms in total. The molecule has 1 aromatic rings. The molecule has 104 valence electrons. The first-order chi connectivity index (χ1) is 9.02. The van der Waals surface area contributed by atoms with Crippen LogP contribution in [0.3, 0.4) is 0 Å². The molecular formula is C12H17N3O4. The maximum Gasteiger partial charge on any atom is 0.369 e. The highest BCUT2D eigenvalue weighted by Gasteiger charge is 2.30. The molecule has 0 bridgehead atoms. The quantitative estimate of drug-likeness (QED) is 0.559. The number of hydrogen-bond acceptors (Lipinski definition) is 5. The van der Waals surface area contributed by atoms with Crippen LogP contribution in [0, 0.1) is 20.2 Å². The number of nitro groups is 2. The van der Waals surface area contributed by atoms with Gasteiger partial charge in [-0.1, -0.05) is 19.4 Å². The number of nitro benzene ring substituents is 2. The molecule has 0 aliphatic heterocycles. The molecule has 0 radical (unpaired) electrons. The Hall–Kier alpha value is -2.18. The highest BCUT2D eigenvalue weighted by molar-refractivity contribution is 5.72. The average Bonchev–Trinajstić information content (AvgIpc) is 2.38. The van der Waals surface area contributed by atoms with Crippen LogP contribution in [0.1, 0.15) is 26.7 Å². The summed E-state index contributed by atoms with van der Waals surface area (Å²) in [6.45, 7) is 5.12. The van der Waals surface area contributed by atoms with Gasteiger partial charge in [-0.3, -0.25) is 20.2 Å². The van der Waals surface area contributed by atoms with Gasteiger partial charge in [-0.15, -0.1) is 0 Å². The molecule has 0 aliphatic carbocycles. The number of para-hydroxylation sites is 1. The summed E-state index contributed by atoms with van der Waals surface area (Å²) in [6, 6.07) is 4.20. The number of nitrogens with zero attached hydrogens (tertiary/aromatic N) is 3. The highest BCUT2D eigenvalue weighted by atomic mass is 16.6. The molecule has 0 amide bonds. The van der Waals surface area contributed by atoms with Crippen LogP contribution < -0.4 is 4.90 Å². The van der Waals surface area contributed by atoms with Crippen LogP contribution in [0.5, 0.6) is 0 Å². The lowest BCUT2D eigenvalue weighted by Crippen LogP contribution is -2.24. The van der Waals surface area contributed by atoms with Crippen molar-refractivity contribution >= 4 is 17.1 Å². The van der Waals surface area contributed by atoms with Crippen LogP contribution in [0.15, 0.2) is 18.2 Å². The van der Waals surface area contributed by atoms with E-state index in [1.54, 1.807) is 11.0 Å². The van der Waals surface area contributed by atoms with Crippen LogP contribution in [-0.4, -0.2) is 22.9 Å². The van der Waals surface area contributed by atoms with Crippen LogP contribution in [-0.2, 0) is 0 Å². The summed E-state index contributed by atoms with van der Waals surface area (Å²) < 4.78 is 0. The molecule has 0 aliphatic rings. The second-order valence-electron chi connectivity index (χ2n) is 4.09. The van der Waals surface area contributed by atoms with Gasteiger partial charge in [0.1, 0.15) is 5.69 Å². The molecule has 0 aromatic heterocycles. The summed E-state index contributed by atoms with van der Waals surface area (Å²) in [7, 11) is 0. The Morgan fingerprint density at radius 3 is 2.32 bits per heavy atom. The lowest BCUT2D eigenvalue weighted by atomic mass is 10.2. The molecule has 0 heterocycles. The molecule has 0 fully saturated rings. The van der Waals surface area contributed by atoms with Gasteiger partial charge in [-0.25, -0.2) is 0 Å². The van der Waals surface area contributed by atoms with Crippen molar-refractivity contribution in [2.75, 3.05) is 18.0 Å². The largest absolute Gasteiger partial charge is 0.369 e. The molecule has 1 rings (SSSR count). The normalized spacial score (nSPS) is 10.2. The van der Waals surface area contributed by atoms with E-state index in [9.17, 15) is 20.2 Å². The summed E-state index contributed by atoms with van der Waals surface area (Å²) >= 11 is 0. The van der Waals surface area contributed by atoms with E-state index in [1.807, 2.05) is 13.8 Å². The average molecular weight is 267 g/mol. The third kappa shape index (κ3) is 3.40. The van der Waals surface area contributed by atoms with Crippen molar-refractivity contribution in [3.05, 3.63) is 38.4 Å². The van der Waals surface area contributed by atoms with E-state index >= 15 is 0 Å². The molecule has 1 aromatic carbocycles. The van der Waals surface area contributed by atoms with Gasteiger partial charge in [0.15, 0.2) is 0 Å². The van der Waals surface area contributed by atoms with E-state index in [2.05, 4.69) is 0 Å². The van der Waals surface area contributed by atoms with Gasteiger partial charge < -0.3 is 4.90 Å². The van der Waals surface area contributed by atoms with Gasteiger partial charge >= 0.3 is 11.4 Å². The van der Waals surface area contributed by atoms with E-state index in [-0.39, 0.29) is 0 Å². The number of unbranched alkanes of at least 4 members (excludes halogenated alkanes) is 1. The molecule has 19 heavy (non-hydrogen) atoms. The predicted octanol–water partition coefficient (Wildman–Crippen LogP) is 3.13. The van der Waals surface area contributed by atoms with Crippen molar-refractivity contribution in [3.63, 3.8) is 0 Å². The molecule has 0 atom stereocenters. The van der Waals surface area contributed by atoms with Gasteiger partial charge in [-0.2, -0.15) is 0 Å². The van der Waals surface area contributed by atoms with Gasteiger partial charge in [0.25, 0.3) is 0 Å². The zero-order valence-electron chi connectivity index (χ0n) is 11.0. The van der Waals surface area contributed by atoms with Crippen LogP contribution >= 0.6 is 0 Å². The Bertz CT molecular complexity index is 476. The van der Waals surface area contributed by atoms with Gasteiger partial charge in [0.05, 0.1) is 9.85 Å². The smallest absolute Gasteiger partial charge is 0.366 e. The summed E-state index contributed by atoms with van der Waals surface area (Å²) in [5, 5.41) is 22.0. The third-order valence-electron chi connectivity index (χ3n) is 2.88. The SMILES string of the molecule is CCCCN(CC)c1cccc([N+](=O)[O-])c1[N+](=O)[O-]. The zero-order chi connectivity index (χ0) is 14.4. The monoisotopic (exact) mass is 267 g/mol. The molecule has 0 spiro atoms. The standard InChI is InChI=1S/C12H17N3O4/c1-3-5-9-13(4-2)10-7-6-8-11(14(16)17)12(10)15(18)19/h6-8H,3-5,9H2,1-2H3. The van der Waals surface area contributed by atoms with Crippen molar-refractivity contribution in [3.8, 4) is 0 Å². The summed E-state index contributed by atoms with van der Waals surface area (Å²) in [5.74, 6) is 0. The summed E-state index contributed by atoms with van der Waals surface area (Å²) in [5.41, 5.74) is -0.571. The van der Waals surface area contributed by atoms with E-state index in [0.717, 1.165) is 18.9 Å². The lowest BCUT2D eigenvalue weighted by molar-refractivity contribution is -0.422. The fraction of sp³-hybridized carbons (Fsp3) is 0.500. The number of rotatable bonds is 7. The minimum absolute atomic E-state index is 0.315. The van der Waals surface area contributed by atoms with Gasteiger partial charge in [0, 0.05) is 19.2 Å². The number of hydrogen-bond donors (Lipinski definition) is 0. The molecule has 0 unspecified atom stereocenters. The number of anilines is 1. The first-order valence-corrected chi connectivity index (χ1v) is 6.19. The van der Waals surface area contributed by atoms with E-state index in [0.29, 0.717) is 18.8 Å². The Morgan fingerprint density at radius 2 is 1.84 bits per heavy atom. The van der Waals surface area contributed by atoms with Crippen molar-refractivity contribution in [1.29, 1.82) is 0 Å². The zero-order valence-corrected chi connectivity index (χ0v) is 11.0. The van der Waals surface area contributed by atoms with Crippen molar-refractivity contribution in [2.45, 2.75) is 26.7 Å². The van der Waals surface area contributed by atoms with Crippen molar-refractivity contribution in [2.24, 2.45) is 0 Å². The molecular weight excluding hydrogens is 250 g/mol. The van der Waals surface area contributed by atoms with Crippen molar-refractivity contribution in [1.82, 2.24) is 0 Å². The van der Waals surface area contributed by atoms with Crippen LogP contribution in [0.2, 0.25) is 0 Å². The maximum atomic E-state index is 11.1. The fourth-order valence-electron chi connectivity index (χ4n) is 1.91. The Morgan fingerprint density at radius 1 is 1.16 bits per heavy atom. The predicted molar refractivity (Wildman–Crippen MR) is 72.5 cm³/mol. The highest BCUT2D eigenvalue weighted by Crippen LogP contribution is 2.36. The van der Waals surface area contributed by atoms with Gasteiger partial charge in [0.2, 0.25) is 0 Å². The molecule has 0 N–H and O–H groups in total. The first-order valence-electron chi connectivity index (χ1n) is 6.19.